The van der Waals surface area contributed by atoms with Gasteiger partial charge in [-0.1, -0.05) is 81.4 Å². The van der Waals surface area contributed by atoms with Crippen LogP contribution in [0.1, 0.15) is 48.0 Å². The molecule has 0 bridgehead atoms. The van der Waals surface area contributed by atoms with Crippen molar-refractivity contribution in [2.24, 2.45) is 5.92 Å². The normalized spacial score (nSPS) is 13.7. The predicted molar refractivity (Wildman–Crippen MR) is 167 cm³/mol. The Bertz CT molecular complexity index is 1190. The standard InChI is InChI=1S/C31H42FN3O4SSi/c1-30(2,3)39-28(36)34-27(24(21-32)17-20-37-29(40)35-19-18-33-23-35)22-38-41(31(4,5)6,25-13-9-7-10-14-25)26-15-11-8-12-16-26/h7-16,18-19,23-24,27H,17,20-22H2,1-6H3,(H,34,36)/t24-,27-/m1/s1. The minimum atomic E-state index is -2.93. The van der Waals surface area contributed by atoms with Crippen molar-refractivity contribution in [2.75, 3.05) is 19.9 Å². The Morgan fingerprint density at radius 3 is 2.07 bits per heavy atom. The maximum Gasteiger partial charge on any atom is 0.407 e. The van der Waals surface area contributed by atoms with Crippen LogP contribution in [0, 0.1) is 5.92 Å². The van der Waals surface area contributed by atoms with E-state index >= 15 is 0 Å². The third-order valence-electron chi connectivity index (χ3n) is 6.79. The Morgan fingerprint density at radius 2 is 1.61 bits per heavy atom. The molecule has 41 heavy (non-hydrogen) atoms. The fourth-order valence-electron chi connectivity index (χ4n) is 4.86. The van der Waals surface area contributed by atoms with Crippen LogP contribution < -0.4 is 15.7 Å². The van der Waals surface area contributed by atoms with E-state index in [4.69, 9.17) is 26.1 Å². The third kappa shape index (κ3) is 8.70. The molecule has 10 heteroatoms. The number of carbonyl (C=O) groups excluding carboxylic acids is 1. The van der Waals surface area contributed by atoms with E-state index in [0.717, 1.165) is 10.4 Å². The van der Waals surface area contributed by atoms with E-state index in [2.05, 4.69) is 55.3 Å². The van der Waals surface area contributed by atoms with E-state index in [-0.39, 0.29) is 23.4 Å². The number of aromatic nitrogens is 2. The van der Waals surface area contributed by atoms with Crippen LogP contribution in [0.2, 0.25) is 5.04 Å². The van der Waals surface area contributed by atoms with Gasteiger partial charge in [-0.2, -0.15) is 0 Å². The summed E-state index contributed by atoms with van der Waals surface area (Å²) >= 11 is 5.31. The summed E-state index contributed by atoms with van der Waals surface area (Å²) in [5.74, 6) is -0.605. The first kappa shape index (κ1) is 32.4. The van der Waals surface area contributed by atoms with Gasteiger partial charge in [0.05, 0.1) is 25.9 Å². The van der Waals surface area contributed by atoms with E-state index in [1.165, 1.54) is 0 Å². The Kier molecular flexibility index (Phi) is 11.2. The molecule has 1 amide bonds. The average molecular weight is 600 g/mol. The lowest BCUT2D eigenvalue weighted by Gasteiger charge is -2.44. The molecule has 222 valence electrons. The summed E-state index contributed by atoms with van der Waals surface area (Å²) < 4.78 is 34.5. The molecule has 0 aliphatic carbocycles. The largest absolute Gasteiger partial charge is 0.470 e. The number of alkyl carbamates (subject to hydrolysis) is 1. The number of carbonyl (C=O) groups is 1. The zero-order chi connectivity index (χ0) is 30.1. The molecule has 0 unspecified atom stereocenters. The van der Waals surface area contributed by atoms with E-state index in [0.29, 0.717) is 6.42 Å². The fraction of sp³-hybridized carbons (Fsp3) is 0.452. The SMILES string of the molecule is CC(C)(C)OC(=O)N[C@H](CO[Si](c1ccccc1)(c1ccccc1)C(C)(C)C)[C@@H](CF)CCOC(=S)n1ccnc1. The highest BCUT2D eigenvalue weighted by Crippen LogP contribution is 2.37. The summed E-state index contributed by atoms with van der Waals surface area (Å²) in [4.78, 5) is 16.9. The summed E-state index contributed by atoms with van der Waals surface area (Å²) in [7, 11) is -2.93. The number of halogens is 1. The summed E-state index contributed by atoms with van der Waals surface area (Å²) in [5, 5.41) is 5.05. The van der Waals surface area contributed by atoms with Gasteiger partial charge in [0.1, 0.15) is 11.9 Å². The molecule has 3 rings (SSSR count). The van der Waals surface area contributed by atoms with Crippen molar-refractivity contribution in [1.82, 2.24) is 14.9 Å². The molecule has 0 fully saturated rings. The van der Waals surface area contributed by atoms with Gasteiger partial charge in [0.2, 0.25) is 0 Å². The molecule has 1 aromatic heterocycles. The fourth-order valence-corrected chi connectivity index (χ4v) is 9.63. The highest BCUT2D eigenvalue weighted by molar-refractivity contribution is 7.80. The van der Waals surface area contributed by atoms with Crippen LogP contribution in [-0.4, -0.2) is 60.7 Å². The second kappa shape index (κ2) is 14.2. The van der Waals surface area contributed by atoms with E-state index in [9.17, 15) is 9.18 Å². The van der Waals surface area contributed by atoms with Gasteiger partial charge in [0, 0.05) is 18.3 Å². The summed E-state index contributed by atoms with van der Waals surface area (Å²) in [6.45, 7) is 11.5. The van der Waals surface area contributed by atoms with E-state index < -0.39 is 38.6 Å². The summed E-state index contributed by atoms with van der Waals surface area (Å²) in [5.41, 5.74) is -0.710. The zero-order valence-corrected chi connectivity index (χ0v) is 26.6. The van der Waals surface area contributed by atoms with Crippen molar-refractivity contribution in [1.29, 1.82) is 0 Å². The van der Waals surface area contributed by atoms with Crippen molar-refractivity contribution >= 4 is 42.2 Å². The number of hydrogen-bond donors (Lipinski definition) is 1. The Morgan fingerprint density at radius 1 is 1.02 bits per heavy atom. The van der Waals surface area contributed by atoms with Crippen LogP contribution in [0.25, 0.3) is 0 Å². The van der Waals surface area contributed by atoms with Gasteiger partial charge in [-0.15, -0.1) is 0 Å². The number of benzene rings is 2. The van der Waals surface area contributed by atoms with E-state index in [1.54, 1.807) is 44.1 Å². The smallest absolute Gasteiger partial charge is 0.407 e. The highest BCUT2D eigenvalue weighted by atomic mass is 32.1. The molecule has 1 N–H and O–H groups in total. The molecule has 0 saturated carbocycles. The number of amides is 1. The molecular weight excluding hydrogens is 558 g/mol. The van der Waals surface area contributed by atoms with Gasteiger partial charge >= 0.3 is 6.09 Å². The lowest BCUT2D eigenvalue weighted by molar-refractivity contribution is 0.0441. The maximum atomic E-state index is 14.7. The van der Waals surface area contributed by atoms with E-state index in [1.807, 2.05) is 36.4 Å². The van der Waals surface area contributed by atoms with Crippen molar-refractivity contribution in [2.45, 2.75) is 64.6 Å². The van der Waals surface area contributed by atoms with Crippen molar-refractivity contribution in [3.8, 4) is 0 Å². The Labute approximate surface area is 249 Å². The van der Waals surface area contributed by atoms with Crippen LogP contribution >= 0.6 is 12.2 Å². The van der Waals surface area contributed by atoms with Gasteiger partial charge in [0.15, 0.2) is 0 Å². The lowest BCUT2D eigenvalue weighted by atomic mass is 9.98. The maximum absolute atomic E-state index is 14.7. The second-order valence-electron chi connectivity index (χ2n) is 12.0. The topological polar surface area (TPSA) is 74.6 Å². The molecule has 0 aliphatic heterocycles. The van der Waals surface area contributed by atoms with Crippen LogP contribution in [0.3, 0.4) is 0 Å². The quantitative estimate of drug-likeness (QED) is 0.233. The molecule has 7 nitrogen and oxygen atoms in total. The van der Waals surface area contributed by atoms with Crippen LogP contribution in [-0.2, 0) is 13.9 Å². The Balaban J connectivity index is 1.91. The molecule has 0 radical (unpaired) electrons. The zero-order valence-electron chi connectivity index (χ0n) is 24.8. The van der Waals surface area contributed by atoms with Crippen LogP contribution in [0.4, 0.5) is 9.18 Å². The first-order valence-corrected chi connectivity index (χ1v) is 16.1. The number of rotatable bonds is 11. The molecule has 3 aromatic rings. The second-order valence-corrected chi connectivity index (χ2v) is 16.7. The highest BCUT2D eigenvalue weighted by Gasteiger charge is 2.50. The molecule has 2 atom stereocenters. The molecule has 1 heterocycles. The molecule has 2 aromatic carbocycles. The monoisotopic (exact) mass is 599 g/mol. The van der Waals surface area contributed by atoms with Crippen molar-refractivity contribution < 1.29 is 23.1 Å². The number of nitrogens with zero attached hydrogens (tertiary/aromatic N) is 2. The molecular formula is C31H42FN3O4SSi. The first-order chi connectivity index (χ1) is 19.4. The van der Waals surface area contributed by atoms with Crippen molar-refractivity contribution in [3.63, 3.8) is 0 Å². The van der Waals surface area contributed by atoms with Crippen LogP contribution in [0.5, 0.6) is 0 Å². The number of hydrogen-bond acceptors (Lipinski definition) is 6. The average Bonchev–Trinajstić information content (AvgIpc) is 3.46. The van der Waals surface area contributed by atoms with Gasteiger partial charge in [-0.25, -0.2) is 9.78 Å². The van der Waals surface area contributed by atoms with Crippen molar-refractivity contribution in [3.05, 3.63) is 79.4 Å². The van der Waals surface area contributed by atoms with Gasteiger partial charge in [0.25, 0.3) is 13.5 Å². The van der Waals surface area contributed by atoms with Gasteiger partial charge < -0.3 is 19.2 Å². The number of ether oxygens (including phenoxy) is 2. The van der Waals surface area contributed by atoms with Gasteiger partial charge in [-0.05, 0) is 54.8 Å². The minimum absolute atomic E-state index is 0.0904. The molecule has 0 aliphatic rings. The molecule has 0 saturated heterocycles. The third-order valence-corrected chi connectivity index (χ3v) is 12.1. The predicted octanol–water partition coefficient (Wildman–Crippen LogP) is 5.48. The number of imidazole rings is 1. The number of thiocarbonyl (C=S) groups is 1. The summed E-state index contributed by atoms with van der Waals surface area (Å²) in [6.07, 6.45) is 4.50. The summed E-state index contributed by atoms with van der Waals surface area (Å²) in [6, 6.07) is 19.7. The lowest BCUT2D eigenvalue weighted by Crippen LogP contribution is -2.67. The minimum Gasteiger partial charge on any atom is -0.470 e. The van der Waals surface area contributed by atoms with Crippen LogP contribution in [0.15, 0.2) is 79.4 Å². The Hall–Kier alpha value is -3.08. The number of nitrogens with one attached hydrogen (secondary N) is 1. The van der Waals surface area contributed by atoms with Gasteiger partial charge in [-0.3, -0.25) is 8.96 Å². The first-order valence-electron chi connectivity index (χ1n) is 13.8. The number of alkyl halides is 1. The molecule has 0 spiro atoms.